The zero-order chi connectivity index (χ0) is 23.0. The number of nitrogens with one attached hydrogen (secondary N) is 1. The number of sulfonamides is 1. The number of rotatable bonds is 10. The highest BCUT2D eigenvalue weighted by atomic mass is 32.2. The number of benzene rings is 2. The molecule has 32 heavy (non-hydrogen) atoms. The largest absolute Gasteiger partial charge is 0.490 e. The number of carbonyl (C=O) groups excluding carboxylic acids is 1. The van der Waals surface area contributed by atoms with Crippen LogP contribution in [0.3, 0.4) is 0 Å². The minimum absolute atomic E-state index is 0.168. The van der Waals surface area contributed by atoms with Crippen molar-refractivity contribution in [3.8, 4) is 5.75 Å². The van der Waals surface area contributed by atoms with Crippen molar-refractivity contribution >= 4 is 21.6 Å². The summed E-state index contributed by atoms with van der Waals surface area (Å²) in [7, 11) is -3.63. The van der Waals surface area contributed by atoms with E-state index in [-0.39, 0.29) is 10.8 Å². The summed E-state index contributed by atoms with van der Waals surface area (Å²) in [6.07, 6.45) is 0. The maximum atomic E-state index is 13.1. The highest BCUT2D eigenvalue weighted by molar-refractivity contribution is 7.89. The van der Waals surface area contributed by atoms with E-state index in [1.807, 2.05) is 6.92 Å². The van der Waals surface area contributed by atoms with Crippen molar-refractivity contribution in [2.45, 2.75) is 18.7 Å². The van der Waals surface area contributed by atoms with Crippen LogP contribution in [0.5, 0.6) is 5.75 Å². The normalized spacial score (nSPS) is 15.4. The fourth-order valence-corrected chi connectivity index (χ4v) is 4.97. The van der Waals surface area contributed by atoms with Crippen LogP contribution in [0.2, 0.25) is 0 Å². The average molecular weight is 462 g/mol. The number of para-hydroxylation sites is 1. The second-order valence-corrected chi connectivity index (χ2v) is 9.30. The van der Waals surface area contributed by atoms with Crippen molar-refractivity contribution in [1.29, 1.82) is 0 Å². The second kappa shape index (κ2) is 11.4. The molecule has 1 aliphatic rings. The zero-order valence-corrected chi connectivity index (χ0v) is 19.4. The predicted molar refractivity (Wildman–Crippen MR) is 124 cm³/mol. The van der Waals surface area contributed by atoms with Crippen LogP contribution in [0.1, 0.15) is 24.2 Å². The van der Waals surface area contributed by atoms with Crippen molar-refractivity contribution in [2.75, 3.05) is 57.9 Å². The molecule has 1 fully saturated rings. The number of hydrogen-bond donors (Lipinski definition) is 1. The molecule has 0 aliphatic carbocycles. The molecule has 1 N–H and O–H groups in total. The number of likely N-dealkylation sites (N-methyl/N-ethyl adjacent to an activating group) is 1. The molecule has 0 radical (unpaired) electrons. The van der Waals surface area contributed by atoms with Gasteiger partial charge in [0, 0.05) is 38.5 Å². The molecule has 2 aromatic rings. The summed E-state index contributed by atoms with van der Waals surface area (Å²) in [5.41, 5.74) is 0.778. The molecule has 1 amide bonds. The zero-order valence-electron chi connectivity index (χ0n) is 18.6. The Kier molecular flexibility index (Phi) is 8.63. The first kappa shape index (κ1) is 24.2. The fraction of sp³-hybridized carbons (Fsp3) is 0.435. The van der Waals surface area contributed by atoms with Gasteiger partial charge in [-0.1, -0.05) is 25.1 Å². The predicted octanol–water partition coefficient (Wildman–Crippen LogP) is 2.68. The van der Waals surface area contributed by atoms with E-state index in [0.717, 1.165) is 6.54 Å². The van der Waals surface area contributed by atoms with Gasteiger partial charge in [-0.3, -0.25) is 4.79 Å². The third-order valence-electron chi connectivity index (χ3n) is 5.33. The molecule has 9 heteroatoms. The van der Waals surface area contributed by atoms with E-state index in [1.165, 1.54) is 10.4 Å². The Labute approximate surface area is 190 Å². The molecular weight excluding hydrogens is 430 g/mol. The van der Waals surface area contributed by atoms with E-state index in [2.05, 4.69) is 17.1 Å². The summed E-state index contributed by atoms with van der Waals surface area (Å²) in [6.45, 7) is 8.58. The molecule has 0 atom stereocenters. The van der Waals surface area contributed by atoms with E-state index < -0.39 is 10.0 Å². The van der Waals surface area contributed by atoms with Crippen LogP contribution in [0.4, 0.5) is 5.69 Å². The summed E-state index contributed by atoms with van der Waals surface area (Å²) < 4.78 is 38.6. The molecule has 0 unspecified atom stereocenters. The minimum Gasteiger partial charge on any atom is -0.490 e. The summed E-state index contributed by atoms with van der Waals surface area (Å²) in [5, 5.41) is 2.79. The van der Waals surface area contributed by atoms with Crippen LogP contribution in [0.15, 0.2) is 53.4 Å². The SMILES string of the molecule is CCOCCOc1ccccc1C(=O)Nc1cccc(S(=O)(=O)N2CCN(CC)CC2)c1. The second-order valence-electron chi connectivity index (χ2n) is 7.36. The van der Waals surface area contributed by atoms with Gasteiger partial charge in [0.05, 0.1) is 17.1 Å². The van der Waals surface area contributed by atoms with Gasteiger partial charge < -0.3 is 19.7 Å². The molecule has 174 valence electrons. The van der Waals surface area contributed by atoms with Crippen molar-refractivity contribution in [1.82, 2.24) is 9.21 Å². The van der Waals surface area contributed by atoms with Crippen molar-refractivity contribution in [3.63, 3.8) is 0 Å². The standard InChI is InChI=1S/C23H31N3O5S/c1-3-25-12-14-26(15-13-25)32(28,29)20-9-7-8-19(18-20)24-23(27)21-10-5-6-11-22(21)31-17-16-30-4-2/h5-11,18H,3-4,12-17H2,1-2H3,(H,24,27). The fourth-order valence-electron chi connectivity index (χ4n) is 3.50. The van der Waals surface area contributed by atoms with Gasteiger partial charge in [0.2, 0.25) is 10.0 Å². The lowest BCUT2D eigenvalue weighted by Crippen LogP contribution is -2.48. The monoisotopic (exact) mass is 461 g/mol. The lowest BCUT2D eigenvalue weighted by Gasteiger charge is -2.33. The summed E-state index contributed by atoms with van der Waals surface area (Å²) in [4.78, 5) is 15.3. The van der Waals surface area contributed by atoms with Crippen molar-refractivity contribution in [3.05, 3.63) is 54.1 Å². The number of hydrogen-bond acceptors (Lipinski definition) is 6. The number of ether oxygens (including phenoxy) is 2. The summed E-state index contributed by atoms with van der Waals surface area (Å²) in [6, 6.07) is 13.3. The summed E-state index contributed by atoms with van der Waals surface area (Å²) in [5.74, 6) is 0.0744. The Balaban J connectivity index is 1.71. The molecule has 0 saturated carbocycles. The number of piperazine rings is 1. The van der Waals surface area contributed by atoms with Crippen LogP contribution < -0.4 is 10.1 Å². The Bertz CT molecular complexity index is 1000. The summed E-state index contributed by atoms with van der Waals surface area (Å²) >= 11 is 0. The van der Waals surface area contributed by atoms with E-state index in [0.29, 0.717) is 63.0 Å². The van der Waals surface area contributed by atoms with Gasteiger partial charge in [-0.2, -0.15) is 4.31 Å². The highest BCUT2D eigenvalue weighted by Crippen LogP contribution is 2.23. The van der Waals surface area contributed by atoms with Gasteiger partial charge in [0.15, 0.2) is 0 Å². The maximum Gasteiger partial charge on any atom is 0.259 e. The van der Waals surface area contributed by atoms with Gasteiger partial charge in [-0.05, 0) is 43.8 Å². The van der Waals surface area contributed by atoms with Crippen molar-refractivity contribution < 1.29 is 22.7 Å². The topological polar surface area (TPSA) is 88.2 Å². The molecular formula is C23H31N3O5S. The van der Waals surface area contributed by atoms with E-state index >= 15 is 0 Å². The van der Waals surface area contributed by atoms with E-state index in [4.69, 9.17) is 9.47 Å². The molecule has 2 aromatic carbocycles. The average Bonchev–Trinajstić information content (AvgIpc) is 2.82. The van der Waals surface area contributed by atoms with Gasteiger partial charge in [0.25, 0.3) is 5.91 Å². The molecule has 0 spiro atoms. The number of amides is 1. The van der Waals surface area contributed by atoms with Crippen LogP contribution in [0.25, 0.3) is 0 Å². The molecule has 1 heterocycles. The molecule has 3 rings (SSSR count). The Morgan fingerprint density at radius 3 is 2.47 bits per heavy atom. The van der Waals surface area contributed by atoms with Gasteiger partial charge >= 0.3 is 0 Å². The van der Waals surface area contributed by atoms with Crippen molar-refractivity contribution in [2.24, 2.45) is 0 Å². The third-order valence-corrected chi connectivity index (χ3v) is 7.22. The highest BCUT2D eigenvalue weighted by Gasteiger charge is 2.28. The Morgan fingerprint density at radius 1 is 1.00 bits per heavy atom. The van der Waals surface area contributed by atoms with E-state index in [1.54, 1.807) is 42.5 Å². The van der Waals surface area contributed by atoms with Gasteiger partial charge in [-0.15, -0.1) is 0 Å². The lowest BCUT2D eigenvalue weighted by atomic mass is 10.2. The van der Waals surface area contributed by atoms with Crippen LogP contribution in [-0.2, 0) is 14.8 Å². The first-order chi connectivity index (χ1) is 15.5. The quantitative estimate of drug-likeness (QED) is 0.548. The first-order valence-corrected chi connectivity index (χ1v) is 12.3. The molecule has 0 bridgehead atoms. The van der Waals surface area contributed by atoms with E-state index in [9.17, 15) is 13.2 Å². The number of carbonyl (C=O) groups is 1. The molecule has 1 saturated heterocycles. The van der Waals surface area contributed by atoms with Crippen LogP contribution in [-0.4, -0.2) is 76.1 Å². The number of anilines is 1. The Hall–Kier alpha value is -2.46. The maximum absolute atomic E-state index is 13.1. The van der Waals surface area contributed by atoms with Gasteiger partial charge in [0.1, 0.15) is 12.4 Å². The first-order valence-electron chi connectivity index (χ1n) is 10.9. The third kappa shape index (κ3) is 6.07. The smallest absolute Gasteiger partial charge is 0.259 e. The van der Waals surface area contributed by atoms with Gasteiger partial charge in [-0.25, -0.2) is 8.42 Å². The van der Waals surface area contributed by atoms with Crippen LogP contribution >= 0.6 is 0 Å². The van der Waals surface area contributed by atoms with Crippen LogP contribution in [0, 0.1) is 0 Å². The molecule has 8 nitrogen and oxygen atoms in total. The minimum atomic E-state index is -3.63. The number of nitrogens with zero attached hydrogens (tertiary/aromatic N) is 2. The lowest BCUT2D eigenvalue weighted by molar-refractivity contribution is 0.0998. The molecule has 1 aliphatic heterocycles. The Morgan fingerprint density at radius 2 is 1.75 bits per heavy atom. The molecule has 0 aromatic heterocycles.